The van der Waals surface area contributed by atoms with Crippen LogP contribution in [0.1, 0.15) is 58.3 Å². The fraction of sp³-hybridized carbons (Fsp3) is 0.647. The van der Waals surface area contributed by atoms with E-state index in [9.17, 15) is 4.79 Å². The zero-order valence-corrected chi connectivity index (χ0v) is 15.3. The van der Waals surface area contributed by atoms with Crippen LogP contribution in [-0.4, -0.2) is 43.2 Å². The van der Waals surface area contributed by atoms with Gasteiger partial charge in [0, 0.05) is 30.9 Å². The highest BCUT2D eigenvalue weighted by Crippen LogP contribution is 2.22. The number of urea groups is 1. The Labute approximate surface area is 147 Å². The molecule has 0 bridgehead atoms. The molecule has 0 unspecified atom stereocenters. The van der Waals surface area contributed by atoms with Crippen molar-refractivity contribution >= 4 is 6.03 Å². The molecule has 1 fully saturated rings. The lowest BCUT2D eigenvalue weighted by molar-refractivity contribution is 0.181. The first-order valence-electron chi connectivity index (χ1n) is 8.71. The third kappa shape index (κ3) is 4.00. The van der Waals surface area contributed by atoms with E-state index in [2.05, 4.69) is 20.4 Å². The van der Waals surface area contributed by atoms with E-state index in [-0.39, 0.29) is 23.5 Å². The zero-order valence-electron chi connectivity index (χ0n) is 15.3. The van der Waals surface area contributed by atoms with E-state index >= 15 is 0 Å². The van der Waals surface area contributed by atoms with Crippen LogP contribution in [0.15, 0.2) is 23.2 Å². The zero-order chi connectivity index (χ0) is 18.0. The molecule has 1 aliphatic heterocycles. The molecule has 2 aromatic rings. The van der Waals surface area contributed by atoms with Crippen molar-refractivity contribution in [2.75, 3.05) is 6.54 Å². The summed E-state index contributed by atoms with van der Waals surface area (Å²) in [7, 11) is 0. The Bertz CT molecular complexity index is 703. The van der Waals surface area contributed by atoms with Crippen LogP contribution < -0.4 is 5.32 Å². The molecule has 0 aliphatic carbocycles. The SMILES string of the molecule is C[C@@H](NC(=O)N1CCC[C@H]1Cn1ccnc1)c1nc(C(C)(C)C)no1. The molecule has 3 rings (SSSR count). The second kappa shape index (κ2) is 6.85. The molecule has 2 amide bonds. The second-order valence-electron chi connectivity index (χ2n) is 7.63. The summed E-state index contributed by atoms with van der Waals surface area (Å²) in [4.78, 5) is 23.0. The van der Waals surface area contributed by atoms with Crippen LogP contribution in [0.4, 0.5) is 4.79 Å². The van der Waals surface area contributed by atoms with Crippen molar-refractivity contribution in [2.24, 2.45) is 0 Å². The molecular weight excluding hydrogens is 320 g/mol. The first-order chi connectivity index (χ1) is 11.8. The maximum atomic E-state index is 12.7. The smallest absolute Gasteiger partial charge is 0.318 e. The Kier molecular flexibility index (Phi) is 4.78. The molecule has 8 nitrogen and oxygen atoms in total. The van der Waals surface area contributed by atoms with Gasteiger partial charge in [-0.15, -0.1) is 0 Å². The minimum Gasteiger partial charge on any atom is -0.337 e. The maximum absolute atomic E-state index is 12.7. The lowest BCUT2D eigenvalue weighted by Gasteiger charge is -2.26. The Morgan fingerprint density at radius 1 is 1.48 bits per heavy atom. The monoisotopic (exact) mass is 346 g/mol. The van der Waals surface area contributed by atoms with Gasteiger partial charge in [0.25, 0.3) is 0 Å². The van der Waals surface area contributed by atoms with Crippen molar-refractivity contribution < 1.29 is 9.32 Å². The van der Waals surface area contributed by atoms with E-state index < -0.39 is 0 Å². The molecule has 2 aromatic heterocycles. The van der Waals surface area contributed by atoms with E-state index in [1.165, 1.54) is 0 Å². The fourth-order valence-electron chi connectivity index (χ4n) is 2.98. The van der Waals surface area contributed by atoms with E-state index in [0.717, 1.165) is 25.9 Å². The predicted molar refractivity (Wildman–Crippen MR) is 91.9 cm³/mol. The lowest BCUT2D eigenvalue weighted by atomic mass is 9.96. The summed E-state index contributed by atoms with van der Waals surface area (Å²) in [6.07, 6.45) is 7.46. The standard InChI is InChI=1S/C17H26N6O2/c1-12(14-20-15(21-25-14)17(2,3)4)19-16(24)23-8-5-6-13(23)10-22-9-7-18-11-22/h7,9,11-13H,5-6,8,10H2,1-4H3,(H,19,24)/t12-,13+/m1/s1. The van der Waals surface area contributed by atoms with Crippen molar-refractivity contribution in [3.63, 3.8) is 0 Å². The van der Waals surface area contributed by atoms with Crippen LogP contribution in [0, 0.1) is 0 Å². The molecule has 0 radical (unpaired) electrons. The van der Waals surface area contributed by atoms with Crippen molar-refractivity contribution in [1.82, 2.24) is 29.9 Å². The number of likely N-dealkylation sites (tertiary alicyclic amines) is 1. The van der Waals surface area contributed by atoms with Crippen LogP contribution in [0.2, 0.25) is 0 Å². The molecule has 8 heteroatoms. The van der Waals surface area contributed by atoms with Crippen molar-refractivity contribution in [1.29, 1.82) is 0 Å². The van der Waals surface area contributed by atoms with Crippen molar-refractivity contribution in [3.8, 4) is 0 Å². The number of nitrogens with one attached hydrogen (secondary N) is 1. The molecule has 0 aromatic carbocycles. The van der Waals surface area contributed by atoms with Crippen LogP contribution in [0.3, 0.4) is 0 Å². The van der Waals surface area contributed by atoms with Gasteiger partial charge in [-0.25, -0.2) is 9.78 Å². The number of rotatable bonds is 4. The molecular formula is C17H26N6O2. The maximum Gasteiger partial charge on any atom is 0.318 e. The highest BCUT2D eigenvalue weighted by Gasteiger charge is 2.31. The number of carbonyl (C=O) groups is 1. The summed E-state index contributed by atoms with van der Waals surface area (Å²) in [6.45, 7) is 9.45. The molecule has 2 atom stereocenters. The summed E-state index contributed by atoms with van der Waals surface area (Å²) in [5.41, 5.74) is -0.184. The third-order valence-corrected chi connectivity index (χ3v) is 4.44. The van der Waals surface area contributed by atoms with E-state index in [1.807, 2.05) is 43.4 Å². The number of carbonyl (C=O) groups excluding carboxylic acids is 1. The van der Waals surface area contributed by atoms with Gasteiger partial charge in [0.15, 0.2) is 5.82 Å². The van der Waals surface area contributed by atoms with E-state index in [0.29, 0.717) is 11.7 Å². The summed E-state index contributed by atoms with van der Waals surface area (Å²) in [5, 5.41) is 7.00. The number of nitrogens with zero attached hydrogens (tertiary/aromatic N) is 5. The second-order valence-corrected chi connectivity index (χ2v) is 7.63. The molecule has 25 heavy (non-hydrogen) atoms. The first kappa shape index (κ1) is 17.4. The molecule has 3 heterocycles. The van der Waals surface area contributed by atoms with Crippen LogP contribution in [0.5, 0.6) is 0 Å². The highest BCUT2D eigenvalue weighted by atomic mass is 16.5. The summed E-state index contributed by atoms with van der Waals surface area (Å²) >= 11 is 0. The lowest BCUT2D eigenvalue weighted by Crippen LogP contribution is -2.45. The molecule has 0 saturated carbocycles. The predicted octanol–water partition coefficient (Wildman–Crippen LogP) is 2.50. The number of hydrogen-bond acceptors (Lipinski definition) is 5. The van der Waals surface area contributed by atoms with Gasteiger partial charge in [-0.1, -0.05) is 25.9 Å². The molecule has 136 valence electrons. The summed E-state index contributed by atoms with van der Waals surface area (Å²) in [6, 6.07) is -0.245. The van der Waals surface area contributed by atoms with Gasteiger partial charge in [-0.05, 0) is 19.8 Å². The van der Waals surface area contributed by atoms with E-state index in [1.54, 1.807) is 12.5 Å². The Morgan fingerprint density at radius 3 is 2.92 bits per heavy atom. The minimum absolute atomic E-state index is 0.0920. The molecule has 1 saturated heterocycles. The van der Waals surface area contributed by atoms with Gasteiger partial charge in [0.1, 0.15) is 6.04 Å². The number of imidazole rings is 1. The molecule has 0 spiro atoms. The van der Waals surface area contributed by atoms with Crippen LogP contribution in [-0.2, 0) is 12.0 Å². The van der Waals surface area contributed by atoms with Gasteiger partial charge in [0.05, 0.1) is 12.4 Å². The topological polar surface area (TPSA) is 89.1 Å². The quantitative estimate of drug-likeness (QED) is 0.919. The van der Waals surface area contributed by atoms with E-state index in [4.69, 9.17) is 4.52 Å². The summed E-state index contributed by atoms with van der Waals surface area (Å²) < 4.78 is 7.33. The third-order valence-electron chi connectivity index (χ3n) is 4.44. The Balaban J connectivity index is 1.61. The fourth-order valence-corrected chi connectivity index (χ4v) is 2.98. The normalized spacial score (nSPS) is 19.2. The highest BCUT2D eigenvalue weighted by molar-refractivity contribution is 5.75. The van der Waals surface area contributed by atoms with Crippen molar-refractivity contribution in [2.45, 2.75) is 64.6 Å². The molecule has 1 aliphatic rings. The average molecular weight is 346 g/mol. The number of aromatic nitrogens is 4. The minimum atomic E-state index is -0.328. The van der Waals surface area contributed by atoms with Crippen LogP contribution in [0.25, 0.3) is 0 Å². The first-order valence-corrected chi connectivity index (χ1v) is 8.71. The average Bonchev–Trinajstić information content (AvgIpc) is 3.28. The van der Waals surface area contributed by atoms with Crippen molar-refractivity contribution in [3.05, 3.63) is 30.4 Å². The van der Waals surface area contributed by atoms with Gasteiger partial charge in [-0.3, -0.25) is 0 Å². The molecule has 1 N–H and O–H groups in total. The number of hydrogen-bond donors (Lipinski definition) is 1. The summed E-state index contributed by atoms with van der Waals surface area (Å²) in [5.74, 6) is 1.08. The van der Waals surface area contributed by atoms with Crippen LogP contribution >= 0.6 is 0 Å². The van der Waals surface area contributed by atoms with Gasteiger partial charge in [0.2, 0.25) is 5.89 Å². The number of amides is 2. The Hall–Kier alpha value is -2.38. The van der Waals surface area contributed by atoms with Gasteiger partial charge < -0.3 is 19.3 Å². The van der Waals surface area contributed by atoms with Gasteiger partial charge >= 0.3 is 6.03 Å². The Morgan fingerprint density at radius 2 is 2.28 bits per heavy atom. The van der Waals surface area contributed by atoms with Gasteiger partial charge in [-0.2, -0.15) is 4.98 Å². The largest absolute Gasteiger partial charge is 0.337 e.